The van der Waals surface area contributed by atoms with Gasteiger partial charge in [-0.25, -0.2) is 4.79 Å². The van der Waals surface area contributed by atoms with Crippen LogP contribution >= 0.6 is 11.6 Å². The summed E-state index contributed by atoms with van der Waals surface area (Å²) in [6.07, 6.45) is -0.0774. The first kappa shape index (κ1) is 19.7. The van der Waals surface area contributed by atoms with Gasteiger partial charge in [-0.15, -0.1) is 0 Å². The number of aryl methyl sites for hydroxylation is 1. The minimum absolute atomic E-state index is 0.0946. The van der Waals surface area contributed by atoms with Gasteiger partial charge in [-0.1, -0.05) is 42.8 Å². The molecule has 2 aromatic carbocycles. The highest BCUT2D eigenvalue weighted by Crippen LogP contribution is 2.20. The largest absolute Gasteiger partial charge is 0.389 e. The summed E-state index contributed by atoms with van der Waals surface area (Å²) in [5, 5.41) is 11.1. The molecule has 0 aliphatic rings. The third kappa shape index (κ3) is 4.43. The molecule has 3 rings (SSSR count). The van der Waals surface area contributed by atoms with E-state index in [0.29, 0.717) is 11.6 Å². The zero-order valence-electron chi connectivity index (χ0n) is 15.6. The van der Waals surface area contributed by atoms with E-state index < -0.39 is 6.10 Å². The number of nitrogens with zero attached hydrogens (tertiary/aromatic N) is 2. The van der Waals surface area contributed by atoms with E-state index >= 15 is 0 Å². The maximum Gasteiger partial charge on any atom is 0.329 e. The number of ether oxygens (including phenoxy) is 1. The summed E-state index contributed by atoms with van der Waals surface area (Å²) < 4.78 is 9.19. The normalized spacial score (nSPS) is 13.8. The van der Waals surface area contributed by atoms with E-state index in [-0.39, 0.29) is 24.9 Å². The number of halogens is 1. The molecule has 144 valence electrons. The van der Waals surface area contributed by atoms with E-state index in [0.717, 1.165) is 23.0 Å². The maximum absolute atomic E-state index is 12.8. The Kier molecular flexibility index (Phi) is 6.37. The lowest BCUT2D eigenvalue weighted by atomic mass is 10.1. The van der Waals surface area contributed by atoms with Gasteiger partial charge in [-0.2, -0.15) is 0 Å². The molecule has 6 heteroatoms. The van der Waals surface area contributed by atoms with Crippen molar-refractivity contribution in [3.63, 3.8) is 0 Å². The van der Waals surface area contributed by atoms with Gasteiger partial charge in [-0.05, 0) is 43.2 Å². The van der Waals surface area contributed by atoms with Crippen molar-refractivity contribution in [1.29, 1.82) is 0 Å². The lowest BCUT2D eigenvalue weighted by Crippen LogP contribution is -2.31. The Labute approximate surface area is 163 Å². The van der Waals surface area contributed by atoms with Crippen molar-refractivity contribution in [3.8, 4) is 0 Å². The monoisotopic (exact) mass is 388 g/mol. The fourth-order valence-electron chi connectivity index (χ4n) is 3.24. The summed E-state index contributed by atoms with van der Waals surface area (Å²) in [7, 11) is 0. The fourth-order valence-corrected chi connectivity index (χ4v) is 3.36. The van der Waals surface area contributed by atoms with Gasteiger partial charge in [0.05, 0.1) is 36.4 Å². The van der Waals surface area contributed by atoms with Gasteiger partial charge >= 0.3 is 5.69 Å². The van der Waals surface area contributed by atoms with Crippen molar-refractivity contribution in [2.75, 3.05) is 6.61 Å². The second-order valence-corrected chi connectivity index (χ2v) is 7.15. The summed E-state index contributed by atoms with van der Waals surface area (Å²) in [6, 6.07) is 15.1. The number of imidazole rings is 1. The molecule has 0 aliphatic heterocycles. The molecule has 3 aromatic rings. The third-order valence-electron chi connectivity index (χ3n) is 4.64. The number of rotatable bonds is 8. The molecule has 0 radical (unpaired) electrons. The van der Waals surface area contributed by atoms with Gasteiger partial charge < -0.3 is 9.84 Å². The standard InChI is InChI=1S/C21H25ClN2O3/c1-3-12-23-19-6-4-5-7-20(19)24(21(23)26)13-18(25)14-27-15(2)16-8-10-17(22)11-9-16/h4-11,15,18,25H,3,12-14H2,1-2H3/t15-,18-/m0/s1. The number of aliphatic hydroxyl groups is 1. The smallest absolute Gasteiger partial charge is 0.329 e. The van der Waals surface area contributed by atoms with Crippen LogP contribution in [0.25, 0.3) is 11.0 Å². The lowest BCUT2D eigenvalue weighted by Gasteiger charge is -2.17. The second-order valence-electron chi connectivity index (χ2n) is 6.71. The molecule has 1 heterocycles. The van der Waals surface area contributed by atoms with E-state index in [1.807, 2.05) is 62.4 Å². The number of benzene rings is 2. The van der Waals surface area contributed by atoms with Crippen LogP contribution in [0.15, 0.2) is 53.3 Å². The Morgan fingerprint density at radius 1 is 1.07 bits per heavy atom. The molecule has 2 atom stereocenters. The number of aliphatic hydroxyl groups excluding tert-OH is 1. The van der Waals surface area contributed by atoms with Crippen LogP contribution in [-0.2, 0) is 17.8 Å². The molecule has 0 aliphatic carbocycles. The van der Waals surface area contributed by atoms with Crippen LogP contribution in [0.4, 0.5) is 0 Å². The molecule has 0 amide bonds. The van der Waals surface area contributed by atoms with Crippen molar-refractivity contribution in [2.24, 2.45) is 0 Å². The number of aromatic nitrogens is 2. The molecular weight excluding hydrogens is 364 g/mol. The average molecular weight is 389 g/mol. The summed E-state index contributed by atoms with van der Waals surface area (Å²) >= 11 is 5.91. The van der Waals surface area contributed by atoms with Crippen molar-refractivity contribution < 1.29 is 9.84 Å². The Bertz CT molecular complexity index is 946. The molecule has 0 unspecified atom stereocenters. The number of hydrogen-bond donors (Lipinski definition) is 1. The molecule has 0 saturated heterocycles. The molecule has 0 bridgehead atoms. The average Bonchev–Trinajstić information content (AvgIpc) is 2.93. The van der Waals surface area contributed by atoms with Crippen LogP contribution in [0.3, 0.4) is 0 Å². The first-order chi connectivity index (χ1) is 13.0. The fraction of sp³-hybridized carbons (Fsp3) is 0.381. The predicted molar refractivity (Wildman–Crippen MR) is 108 cm³/mol. The first-order valence-corrected chi connectivity index (χ1v) is 9.62. The van der Waals surface area contributed by atoms with Crippen molar-refractivity contribution in [2.45, 2.75) is 45.6 Å². The van der Waals surface area contributed by atoms with E-state index in [2.05, 4.69) is 0 Å². The molecule has 5 nitrogen and oxygen atoms in total. The minimum Gasteiger partial charge on any atom is -0.389 e. The number of hydrogen-bond acceptors (Lipinski definition) is 3. The van der Waals surface area contributed by atoms with Gasteiger partial charge in [0.2, 0.25) is 0 Å². The molecule has 0 fully saturated rings. The highest BCUT2D eigenvalue weighted by Gasteiger charge is 2.16. The van der Waals surface area contributed by atoms with E-state index in [1.165, 1.54) is 0 Å². The van der Waals surface area contributed by atoms with Gasteiger partial charge in [0, 0.05) is 11.6 Å². The van der Waals surface area contributed by atoms with E-state index in [9.17, 15) is 9.90 Å². The lowest BCUT2D eigenvalue weighted by molar-refractivity contribution is -0.00869. The molecule has 1 aromatic heterocycles. The summed E-state index contributed by atoms with van der Waals surface area (Å²) in [5.74, 6) is 0. The van der Waals surface area contributed by atoms with Crippen LogP contribution in [0.2, 0.25) is 5.02 Å². The zero-order chi connectivity index (χ0) is 19.4. The highest BCUT2D eigenvalue weighted by atomic mass is 35.5. The van der Waals surface area contributed by atoms with Crippen LogP contribution in [0, 0.1) is 0 Å². The number of fused-ring (bicyclic) bond motifs is 1. The van der Waals surface area contributed by atoms with Gasteiger partial charge in [0.25, 0.3) is 0 Å². The summed E-state index contributed by atoms with van der Waals surface area (Å²) in [5.41, 5.74) is 2.62. The maximum atomic E-state index is 12.8. The van der Waals surface area contributed by atoms with Crippen LogP contribution in [-0.4, -0.2) is 27.0 Å². The first-order valence-electron chi connectivity index (χ1n) is 9.24. The molecule has 0 saturated carbocycles. The topological polar surface area (TPSA) is 56.4 Å². The summed E-state index contributed by atoms with van der Waals surface area (Å²) in [4.78, 5) is 12.8. The Hall–Kier alpha value is -2.08. The van der Waals surface area contributed by atoms with Crippen LogP contribution in [0.5, 0.6) is 0 Å². The molecule has 1 N–H and O–H groups in total. The Balaban J connectivity index is 1.71. The van der Waals surface area contributed by atoms with Gasteiger partial charge in [-0.3, -0.25) is 9.13 Å². The van der Waals surface area contributed by atoms with E-state index in [4.69, 9.17) is 16.3 Å². The third-order valence-corrected chi connectivity index (χ3v) is 4.90. The number of para-hydroxylation sites is 2. The van der Waals surface area contributed by atoms with Gasteiger partial charge in [0.1, 0.15) is 0 Å². The zero-order valence-corrected chi connectivity index (χ0v) is 16.4. The second kappa shape index (κ2) is 8.74. The van der Waals surface area contributed by atoms with Gasteiger partial charge in [0.15, 0.2) is 0 Å². The minimum atomic E-state index is -0.779. The van der Waals surface area contributed by atoms with Crippen LogP contribution in [0.1, 0.15) is 31.9 Å². The Morgan fingerprint density at radius 2 is 1.70 bits per heavy atom. The highest BCUT2D eigenvalue weighted by molar-refractivity contribution is 6.30. The Morgan fingerprint density at radius 3 is 2.33 bits per heavy atom. The van der Waals surface area contributed by atoms with Crippen LogP contribution < -0.4 is 5.69 Å². The SMILES string of the molecule is CCCn1c(=O)n(C[C@H](O)CO[C@@H](C)c2ccc(Cl)cc2)c2ccccc21. The molecule has 27 heavy (non-hydrogen) atoms. The van der Waals surface area contributed by atoms with E-state index in [1.54, 1.807) is 9.13 Å². The van der Waals surface area contributed by atoms with Crippen molar-refractivity contribution in [3.05, 3.63) is 69.6 Å². The molecule has 0 spiro atoms. The van der Waals surface area contributed by atoms with Crippen molar-refractivity contribution >= 4 is 22.6 Å². The quantitative estimate of drug-likeness (QED) is 0.634. The van der Waals surface area contributed by atoms with Crippen molar-refractivity contribution in [1.82, 2.24) is 9.13 Å². The predicted octanol–water partition coefficient (Wildman–Crippen LogP) is 4.01. The summed E-state index contributed by atoms with van der Waals surface area (Å²) in [6.45, 7) is 4.97. The molecular formula is C21H25ClN2O3.